The first-order valence-corrected chi connectivity index (χ1v) is 8.52. The number of aliphatic imine (C=N–C) groups is 1. The van der Waals surface area contributed by atoms with Crippen LogP contribution >= 0.6 is 0 Å². The Bertz CT molecular complexity index is 613. The molecule has 1 aliphatic heterocycles. The highest BCUT2D eigenvalue weighted by Crippen LogP contribution is 2.47. The molecule has 1 saturated carbocycles. The van der Waals surface area contributed by atoms with E-state index in [1.807, 2.05) is 23.1 Å². The zero-order valence-corrected chi connectivity index (χ0v) is 14.4. The van der Waals surface area contributed by atoms with Crippen molar-refractivity contribution in [1.29, 1.82) is 0 Å². The van der Waals surface area contributed by atoms with Gasteiger partial charge >= 0.3 is 6.03 Å². The van der Waals surface area contributed by atoms with Gasteiger partial charge in [0.05, 0.1) is 11.8 Å². The quantitative estimate of drug-likeness (QED) is 0.629. The highest BCUT2D eigenvalue weighted by Gasteiger charge is 2.49. The molecule has 5 nitrogen and oxygen atoms in total. The van der Waals surface area contributed by atoms with E-state index in [0.29, 0.717) is 11.8 Å². The number of amides is 2. The first-order chi connectivity index (χ1) is 11.5. The summed E-state index contributed by atoms with van der Waals surface area (Å²) in [6.07, 6.45) is 4.91. The van der Waals surface area contributed by atoms with Crippen LogP contribution in [0.25, 0.3) is 0 Å². The maximum absolute atomic E-state index is 12.2. The lowest BCUT2D eigenvalue weighted by Crippen LogP contribution is -2.39. The van der Waals surface area contributed by atoms with Crippen molar-refractivity contribution in [2.75, 3.05) is 27.2 Å². The average Bonchev–Trinajstić information content (AvgIpc) is 3.09. The van der Waals surface area contributed by atoms with E-state index in [1.165, 1.54) is 11.8 Å². The van der Waals surface area contributed by atoms with Gasteiger partial charge in [-0.3, -0.25) is 9.79 Å². The van der Waals surface area contributed by atoms with E-state index in [1.54, 1.807) is 19.0 Å². The number of aldehydes is 1. The van der Waals surface area contributed by atoms with Crippen molar-refractivity contribution in [3.63, 3.8) is 0 Å². The van der Waals surface area contributed by atoms with Crippen LogP contribution in [0.2, 0.25) is 0 Å². The van der Waals surface area contributed by atoms with Gasteiger partial charge in [-0.25, -0.2) is 4.79 Å². The van der Waals surface area contributed by atoms with Crippen LogP contribution < -0.4 is 0 Å². The Hall–Kier alpha value is -2.17. The minimum atomic E-state index is -0.204. The Balaban J connectivity index is 1.74. The number of carbonyl (C=O) groups is 2. The zero-order valence-electron chi connectivity index (χ0n) is 14.4. The third kappa shape index (κ3) is 3.35. The summed E-state index contributed by atoms with van der Waals surface area (Å²) in [5, 5.41) is 0. The van der Waals surface area contributed by atoms with Gasteiger partial charge in [-0.15, -0.1) is 0 Å². The number of carbonyl (C=O) groups excluding carboxylic acids is 2. The van der Waals surface area contributed by atoms with Gasteiger partial charge in [0.25, 0.3) is 0 Å². The van der Waals surface area contributed by atoms with E-state index in [2.05, 4.69) is 17.1 Å². The van der Waals surface area contributed by atoms with Crippen molar-refractivity contribution in [3.05, 3.63) is 35.9 Å². The maximum atomic E-state index is 12.2. The molecule has 3 atom stereocenters. The molecular weight excluding hydrogens is 302 g/mol. The molecule has 24 heavy (non-hydrogen) atoms. The summed E-state index contributed by atoms with van der Waals surface area (Å²) in [6.45, 7) is 1.60. The van der Waals surface area contributed by atoms with Gasteiger partial charge in [-0.05, 0) is 36.7 Å². The number of urea groups is 1. The van der Waals surface area contributed by atoms with Gasteiger partial charge in [0, 0.05) is 27.2 Å². The lowest BCUT2D eigenvalue weighted by molar-refractivity contribution is -0.102. The topological polar surface area (TPSA) is 53.0 Å². The summed E-state index contributed by atoms with van der Waals surface area (Å²) in [6, 6.07) is 10.4. The summed E-state index contributed by atoms with van der Waals surface area (Å²) >= 11 is 0. The van der Waals surface area contributed by atoms with Crippen molar-refractivity contribution in [1.82, 2.24) is 9.80 Å². The maximum Gasteiger partial charge on any atom is 0.319 e. The average molecular weight is 327 g/mol. The summed E-state index contributed by atoms with van der Waals surface area (Å²) in [5.41, 5.74) is 1.05. The fourth-order valence-electron chi connectivity index (χ4n) is 4.36. The number of hydrogen-bond donors (Lipinski definition) is 0. The van der Waals surface area contributed by atoms with Crippen LogP contribution in [-0.2, 0) is 11.2 Å². The second kappa shape index (κ2) is 6.75. The Morgan fingerprint density at radius 1 is 1.25 bits per heavy atom. The van der Waals surface area contributed by atoms with Gasteiger partial charge in [-0.2, -0.15) is 0 Å². The Morgan fingerprint density at radius 2 is 1.88 bits per heavy atom. The number of benzene rings is 1. The molecule has 2 aliphatic rings. The predicted molar refractivity (Wildman–Crippen MR) is 94.3 cm³/mol. The van der Waals surface area contributed by atoms with Crippen LogP contribution in [0.1, 0.15) is 18.4 Å². The molecule has 3 rings (SSSR count). The van der Waals surface area contributed by atoms with Crippen molar-refractivity contribution in [2.45, 2.75) is 24.8 Å². The lowest BCUT2D eigenvalue weighted by atomic mass is 9.88. The molecule has 2 fully saturated rings. The van der Waals surface area contributed by atoms with Crippen molar-refractivity contribution in [3.8, 4) is 0 Å². The van der Waals surface area contributed by atoms with E-state index in [9.17, 15) is 9.59 Å². The highest BCUT2D eigenvalue weighted by molar-refractivity contribution is 6.13. The van der Waals surface area contributed by atoms with Crippen LogP contribution in [0.3, 0.4) is 0 Å². The predicted octanol–water partition coefficient (Wildman–Crippen LogP) is 2.26. The van der Waals surface area contributed by atoms with Crippen LogP contribution in [0.5, 0.6) is 0 Å². The molecule has 1 aromatic rings. The first kappa shape index (κ1) is 16.7. The number of rotatable bonds is 4. The number of nitrogens with zero attached hydrogens (tertiary/aromatic N) is 3. The molecule has 0 aromatic heterocycles. The van der Waals surface area contributed by atoms with Gasteiger partial charge in [0.15, 0.2) is 6.29 Å². The summed E-state index contributed by atoms with van der Waals surface area (Å²) < 4.78 is 0. The molecule has 0 N–H and O–H groups in total. The standard InChI is InChI=1S/C19H25N3O2/c1-21(2)18(24)22-13-16-11-19(20-8-9-23,12-17(16)14-22)10-15-6-4-3-5-7-15/h3-9,16-17H,10-14H2,1-2H3/t16-,17+,19?. The molecular formula is C19H25N3O2. The fourth-order valence-corrected chi connectivity index (χ4v) is 4.36. The van der Waals surface area contributed by atoms with Crippen molar-refractivity contribution >= 4 is 18.5 Å². The minimum absolute atomic E-state index is 0.0921. The molecule has 1 aliphatic carbocycles. The number of likely N-dealkylation sites (tertiary alicyclic amines) is 1. The summed E-state index contributed by atoms with van der Waals surface area (Å²) in [7, 11) is 3.59. The van der Waals surface area contributed by atoms with Crippen LogP contribution in [0.15, 0.2) is 35.3 Å². The molecule has 0 radical (unpaired) electrons. The van der Waals surface area contributed by atoms with E-state index in [0.717, 1.165) is 38.6 Å². The zero-order chi connectivity index (χ0) is 17.2. The first-order valence-electron chi connectivity index (χ1n) is 8.52. The lowest BCUT2D eigenvalue weighted by Gasteiger charge is -2.28. The molecule has 5 heteroatoms. The molecule has 0 spiro atoms. The molecule has 0 bridgehead atoms. The SMILES string of the molecule is CN(C)C(=O)N1C[C@@H]2CC(Cc3ccccc3)(N=CC=O)C[C@@H]2C1. The summed E-state index contributed by atoms with van der Waals surface area (Å²) in [5.74, 6) is 0.947. The Kier molecular flexibility index (Phi) is 4.69. The van der Waals surface area contributed by atoms with Gasteiger partial charge < -0.3 is 9.80 Å². The van der Waals surface area contributed by atoms with E-state index in [-0.39, 0.29) is 11.6 Å². The molecule has 2 amide bonds. The fraction of sp³-hybridized carbons (Fsp3) is 0.526. The van der Waals surface area contributed by atoms with Crippen LogP contribution in [-0.4, -0.2) is 61.1 Å². The van der Waals surface area contributed by atoms with E-state index in [4.69, 9.17) is 0 Å². The highest BCUT2D eigenvalue weighted by atomic mass is 16.2. The smallest absolute Gasteiger partial charge is 0.319 e. The van der Waals surface area contributed by atoms with Crippen molar-refractivity contribution in [2.24, 2.45) is 16.8 Å². The van der Waals surface area contributed by atoms with E-state index >= 15 is 0 Å². The number of fused-ring (bicyclic) bond motifs is 1. The molecule has 1 unspecified atom stereocenters. The van der Waals surface area contributed by atoms with Gasteiger partial charge in [0.2, 0.25) is 0 Å². The third-order valence-electron chi connectivity index (χ3n) is 5.30. The van der Waals surface area contributed by atoms with E-state index < -0.39 is 0 Å². The van der Waals surface area contributed by atoms with Gasteiger partial charge in [-0.1, -0.05) is 30.3 Å². The third-order valence-corrected chi connectivity index (χ3v) is 5.30. The van der Waals surface area contributed by atoms with Crippen LogP contribution in [0, 0.1) is 11.8 Å². The molecule has 128 valence electrons. The minimum Gasteiger partial charge on any atom is -0.331 e. The summed E-state index contributed by atoms with van der Waals surface area (Å²) in [4.78, 5) is 31.2. The molecule has 1 saturated heterocycles. The molecule has 1 aromatic carbocycles. The van der Waals surface area contributed by atoms with Crippen LogP contribution in [0.4, 0.5) is 4.79 Å². The Labute approximate surface area is 143 Å². The number of hydrogen-bond acceptors (Lipinski definition) is 3. The van der Waals surface area contributed by atoms with Gasteiger partial charge in [0.1, 0.15) is 0 Å². The van der Waals surface area contributed by atoms with Crippen molar-refractivity contribution < 1.29 is 9.59 Å². The largest absolute Gasteiger partial charge is 0.331 e. The monoisotopic (exact) mass is 327 g/mol. The second-order valence-corrected chi connectivity index (χ2v) is 7.31. The second-order valence-electron chi connectivity index (χ2n) is 7.31. The normalized spacial score (nSPS) is 29.0. The molecule has 1 heterocycles. The Morgan fingerprint density at radius 3 is 2.42 bits per heavy atom.